The molecule has 0 spiro atoms. The monoisotopic (exact) mass is 226 g/mol. The first-order valence-electron chi connectivity index (χ1n) is 5.80. The minimum atomic E-state index is 0.211. The zero-order chi connectivity index (χ0) is 11.7. The van der Waals surface area contributed by atoms with Crippen molar-refractivity contribution in [3.8, 4) is 5.75 Å². The molecule has 2 heterocycles. The van der Waals surface area contributed by atoms with Crippen molar-refractivity contribution in [2.45, 2.75) is 12.5 Å². The molecular weight excluding hydrogens is 212 g/mol. The molecule has 1 aliphatic rings. The van der Waals surface area contributed by atoms with E-state index in [-0.39, 0.29) is 6.04 Å². The standard InChI is InChI=1S/C14H14N2O/c17-12-1-2-13-11(9-12)5-8-16-14(13)10-3-6-15-7-4-10/h1-4,6-7,9,14,16-17H,5,8H2. The van der Waals surface area contributed by atoms with Crippen LogP contribution in [0.5, 0.6) is 5.75 Å². The molecule has 0 saturated carbocycles. The number of fused-ring (bicyclic) bond motifs is 1. The lowest BCUT2D eigenvalue weighted by molar-refractivity contribution is 0.471. The van der Waals surface area contributed by atoms with Crippen molar-refractivity contribution in [3.63, 3.8) is 0 Å². The number of nitrogens with one attached hydrogen (secondary N) is 1. The molecule has 0 amide bonds. The van der Waals surface area contributed by atoms with E-state index in [1.165, 1.54) is 16.7 Å². The molecule has 3 rings (SSSR count). The van der Waals surface area contributed by atoms with Gasteiger partial charge in [0, 0.05) is 18.9 Å². The number of phenolic OH excluding ortho intramolecular Hbond substituents is 1. The summed E-state index contributed by atoms with van der Waals surface area (Å²) in [5.41, 5.74) is 3.69. The van der Waals surface area contributed by atoms with Crippen LogP contribution in [0, 0.1) is 0 Å². The summed E-state index contributed by atoms with van der Waals surface area (Å²) in [6.45, 7) is 0.934. The number of hydrogen-bond acceptors (Lipinski definition) is 3. The van der Waals surface area contributed by atoms with Gasteiger partial charge in [0.25, 0.3) is 0 Å². The van der Waals surface area contributed by atoms with Crippen LogP contribution in [0.15, 0.2) is 42.7 Å². The number of hydrogen-bond donors (Lipinski definition) is 2. The molecule has 1 atom stereocenters. The van der Waals surface area contributed by atoms with Gasteiger partial charge in [-0.25, -0.2) is 0 Å². The highest BCUT2D eigenvalue weighted by atomic mass is 16.3. The van der Waals surface area contributed by atoms with E-state index < -0.39 is 0 Å². The quantitative estimate of drug-likeness (QED) is 0.782. The van der Waals surface area contributed by atoms with Gasteiger partial charge in [-0.3, -0.25) is 4.98 Å². The molecule has 86 valence electrons. The van der Waals surface area contributed by atoms with Crippen LogP contribution in [-0.2, 0) is 6.42 Å². The van der Waals surface area contributed by atoms with Gasteiger partial charge in [-0.05, 0) is 47.4 Å². The fraction of sp³-hybridized carbons (Fsp3) is 0.214. The molecule has 0 saturated heterocycles. The molecule has 0 bridgehead atoms. The first-order chi connectivity index (χ1) is 8.34. The SMILES string of the molecule is Oc1ccc2c(c1)CCNC2c1ccncc1. The average Bonchev–Trinajstić information content (AvgIpc) is 2.39. The average molecular weight is 226 g/mol. The Labute approximate surface area is 100 Å². The van der Waals surface area contributed by atoms with Crippen LogP contribution < -0.4 is 5.32 Å². The van der Waals surface area contributed by atoms with E-state index in [4.69, 9.17) is 0 Å². The molecule has 0 fully saturated rings. The molecule has 0 aliphatic carbocycles. The van der Waals surface area contributed by atoms with Gasteiger partial charge >= 0.3 is 0 Å². The summed E-state index contributed by atoms with van der Waals surface area (Å²) in [6, 6.07) is 9.88. The molecule has 1 aromatic heterocycles. The maximum Gasteiger partial charge on any atom is 0.115 e. The first-order valence-corrected chi connectivity index (χ1v) is 5.80. The van der Waals surface area contributed by atoms with Crippen LogP contribution >= 0.6 is 0 Å². The second kappa shape index (κ2) is 4.18. The van der Waals surface area contributed by atoms with Gasteiger partial charge in [0.05, 0.1) is 6.04 Å². The van der Waals surface area contributed by atoms with Crippen LogP contribution in [0.25, 0.3) is 0 Å². The van der Waals surface area contributed by atoms with Gasteiger partial charge in [0.1, 0.15) is 5.75 Å². The lowest BCUT2D eigenvalue weighted by atomic mass is 9.90. The molecule has 1 unspecified atom stereocenters. The van der Waals surface area contributed by atoms with Gasteiger partial charge < -0.3 is 10.4 Å². The summed E-state index contributed by atoms with van der Waals surface area (Å²) in [5.74, 6) is 0.346. The van der Waals surface area contributed by atoms with E-state index >= 15 is 0 Å². The number of rotatable bonds is 1. The van der Waals surface area contributed by atoms with E-state index in [0.29, 0.717) is 5.75 Å². The fourth-order valence-electron chi connectivity index (χ4n) is 2.40. The molecule has 1 aromatic carbocycles. The number of aromatic hydroxyl groups is 1. The van der Waals surface area contributed by atoms with E-state index in [1.807, 2.05) is 36.7 Å². The summed E-state index contributed by atoms with van der Waals surface area (Å²) in [5, 5.41) is 13.0. The molecule has 0 radical (unpaired) electrons. The first kappa shape index (κ1) is 10.3. The summed E-state index contributed by atoms with van der Waals surface area (Å²) < 4.78 is 0. The highest BCUT2D eigenvalue weighted by Gasteiger charge is 2.21. The highest BCUT2D eigenvalue weighted by Crippen LogP contribution is 2.30. The summed E-state index contributed by atoms with van der Waals surface area (Å²) in [6.07, 6.45) is 4.59. The number of phenols is 1. The number of aromatic nitrogens is 1. The second-order valence-electron chi connectivity index (χ2n) is 4.30. The second-order valence-corrected chi connectivity index (χ2v) is 4.30. The van der Waals surface area contributed by atoms with Crippen LogP contribution in [0.2, 0.25) is 0 Å². The van der Waals surface area contributed by atoms with Crippen molar-refractivity contribution in [2.75, 3.05) is 6.54 Å². The van der Waals surface area contributed by atoms with E-state index in [2.05, 4.69) is 10.3 Å². The minimum Gasteiger partial charge on any atom is -0.508 e. The third-order valence-electron chi connectivity index (χ3n) is 3.22. The Bertz CT molecular complexity index is 525. The Kier molecular flexibility index (Phi) is 2.53. The molecule has 3 nitrogen and oxygen atoms in total. The van der Waals surface area contributed by atoms with Gasteiger partial charge in [0.15, 0.2) is 0 Å². The summed E-state index contributed by atoms with van der Waals surface area (Å²) in [4.78, 5) is 4.04. The van der Waals surface area contributed by atoms with Crippen LogP contribution in [-0.4, -0.2) is 16.6 Å². The number of benzene rings is 1. The van der Waals surface area contributed by atoms with Gasteiger partial charge in [0.2, 0.25) is 0 Å². The molecule has 3 heteroatoms. The van der Waals surface area contributed by atoms with Gasteiger partial charge in [-0.1, -0.05) is 6.07 Å². The largest absolute Gasteiger partial charge is 0.508 e. The lowest BCUT2D eigenvalue weighted by Crippen LogP contribution is -2.30. The number of nitrogens with zero attached hydrogens (tertiary/aromatic N) is 1. The molecule has 2 N–H and O–H groups in total. The van der Waals surface area contributed by atoms with Crippen LogP contribution in [0.4, 0.5) is 0 Å². The smallest absolute Gasteiger partial charge is 0.115 e. The predicted octanol–water partition coefficient (Wildman–Crippen LogP) is 2.02. The third kappa shape index (κ3) is 1.89. The third-order valence-corrected chi connectivity index (χ3v) is 3.22. The van der Waals surface area contributed by atoms with Gasteiger partial charge in [-0.2, -0.15) is 0 Å². The maximum atomic E-state index is 9.51. The predicted molar refractivity (Wildman–Crippen MR) is 65.9 cm³/mol. The lowest BCUT2D eigenvalue weighted by Gasteiger charge is -2.27. The van der Waals surface area contributed by atoms with E-state index in [1.54, 1.807) is 6.07 Å². The molecular formula is C14H14N2O. The molecule has 2 aromatic rings. The van der Waals surface area contributed by atoms with Crippen molar-refractivity contribution in [1.29, 1.82) is 0 Å². The van der Waals surface area contributed by atoms with Crippen LogP contribution in [0.1, 0.15) is 22.7 Å². The van der Waals surface area contributed by atoms with E-state index in [0.717, 1.165) is 13.0 Å². The fourth-order valence-corrected chi connectivity index (χ4v) is 2.40. The highest BCUT2D eigenvalue weighted by molar-refractivity contribution is 5.42. The maximum absolute atomic E-state index is 9.51. The Morgan fingerprint density at radius 2 is 2.00 bits per heavy atom. The summed E-state index contributed by atoms with van der Waals surface area (Å²) >= 11 is 0. The van der Waals surface area contributed by atoms with Crippen molar-refractivity contribution in [1.82, 2.24) is 10.3 Å². The van der Waals surface area contributed by atoms with Crippen molar-refractivity contribution in [3.05, 3.63) is 59.4 Å². The number of pyridine rings is 1. The Morgan fingerprint density at radius 1 is 1.18 bits per heavy atom. The Balaban J connectivity index is 2.06. The summed E-state index contributed by atoms with van der Waals surface area (Å²) in [7, 11) is 0. The zero-order valence-corrected chi connectivity index (χ0v) is 9.43. The molecule has 1 aliphatic heterocycles. The van der Waals surface area contributed by atoms with Crippen molar-refractivity contribution in [2.24, 2.45) is 0 Å². The molecule has 17 heavy (non-hydrogen) atoms. The van der Waals surface area contributed by atoms with Gasteiger partial charge in [-0.15, -0.1) is 0 Å². The Morgan fingerprint density at radius 3 is 2.82 bits per heavy atom. The van der Waals surface area contributed by atoms with Crippen molar-refractivity contribution < 1.29 is 5.11 Å². The Hall–Kier alpha value is -1.87. The minimum absolute atomic E-state index is 0.211. The normalized spacial score (nSPS) is 18.7. The topological polar surface area (TPSA) is 45.1 Å². The zero-order valence-electron chi connectivity index (χ0n) is 9.43. The van der Waals surface area contributed by atoms with E-state index in [9.17, 15) is 5.11 Å². The van der Waals surface area contributed by atoms with Crippen LogP contribution in [0.3, 0.4) is 0 Å². The van der Waals surface area contributed by atoms with Crippen molar-refractivity contribution >= 4 is 0 Å².